The lowest BCUT2D eigenvalue weighted by Crippen LogP contribution is -2.24. The zero-order valence-electron chi connectivity index (χ0n) is 13.5. The van der Waals surface area contributed by atoms with Crippen molar-refractivity contribution in [1.82, 2.24) is 5.32 Å². The number of para-hydroxylation sites is 1. The summed E-state index contributed by atoms with van der Waals surface area (Å²) >= 11 is 0. The third-order valence-corrected chi connectivity index (χ3v) is 3.73. The monoisotopic (exact) mass is 277 g/mol. The first kappa shape index (κ1) is 17.0. The van der Waals surface area contributed by atoms with Crippen molar-refractivity contribution in [1.29, 1.82) is 0 Å². The lowest BCUT2D eigenvalue weighted by atomic mass is 10.1. The number of unbranched alkanes of at least 4 members (excludes halogenated alkanes) is 4. The maximum atomic E-state index is 5.94. The standard InChI is InChI=1S/C18H31NO/c1-4-6-7-8-11-14-20-18-13-10-9-12-17(18)15-19-16(3)5-2/h9-10,12-13,16,19H,4-8,11,14-15H2,1-3H3. The molecule has 0 saturated heterocycles. The first-order chi connectivity index (χ1) is 9.77. The van der Waals surface area contributed by atoms with Crippen LogP contribution in [0.3, 0.4) is 0 Å². The Balaban J connectivity index is 2.33. The zero-order chi connectivity index (χ0) is 14.6. The topological polar surface area (TPSA) is 21.3 Å². The van der Waals surface area contributed by atoms with Crippen LogP contribution in [-0.2, 0) is 6.54 Å². The van der Waals surface area contributed by atoms with E-state index in [0.717, 1.165) is 31.7 Å². The quantitative estimate of drug-likeness (QED) is 0.579. The van der Waals surface area contributed by atoms with Gasteiger partial charge in [0.1, 0.15) is 5.75 Å². The molecule has 1 unspecified atom stereocenters. The summed E-state index contributed by atoms with van der Waals surface area (Å²) < 4.78 is 5.94. The molecule has 1 atom stereocenters. The fourth-order valence-electron chi connectivity index (χ4n) is 2.11. The Kier molecular flexibility index (Phi) is 9.14. The van der Waals surface area contributed by atoms with Gasteiger partial charge in [0.15, 0.2) is 0 Å². The summed E-state index contributed by atoms with van der Waals surface area (Å²) in [4.78, 5) is 0. The molecular formula is C18H31NO. The van der Waals surface area contributed by atoms with Crippen molar-refractivity contribution in [3.63, 3.8) is 0 Å². The fraction of sp³-hybridized carbons (Fsp3) is 0.667. The molecule has 0 aliphatic heterocycles. The molecule has 0 radical (unpaired) electrons. The van der Waals surface area contributed by atoms with E-state index >= 15 is 0 Å². The highest BCUT2D eigenvalue weighted by Gasteiger charge is 2.04. The molecule has 2 nitrogen and oxygen atoms in total. The first-order valence-electron chi connectivity index (χ1n) is 8.22. The highest BCUT2D eigenvalue weighted by molar-refractivity contribution is 5.33. The molecule has 20 heavy (non-hydrogen) atoms. The molecular weight excluding hydrogens is 246 g/mol. The van der Waals surface area contributed by atoms with Crippen molar-refractivity contribution in [3.8, 4) is 5.75 Å². The van der Waals surface area contributed by atoms with Crippen LogP contribution in [0.5, 0.6) is 5.75 Å². The minimum atomic E-state index is 0.553. The van der Waals surface area contributed by atoms with Crippen LogP contribution in [0.2, 0.25) is 0 Å². The lowest BCUT2D eigenvalue weighted by molar-refractivity contribution is 0.300. The summed E-state index contributed by atoms with van der Waals surface area (Å²) in [6.45, 7) is 8.40. The van der Waals surface area contributed by atoms with E-state index in [1.165, 1.54) is 31.2 Å². The van der Waals surface area contributed by atoms with E-state index in [1.807, 2.05) is 0 Å². The first-order valence-corrected chi connectivity index (χ1v) is 8.22. The molecule has 0 amide bonds. The van der Waals surface area contributed by atoms with E-state index < -0.39 is 0 Å². The summed E-state index contributed by atoms with van der Waals surface area (Å²) in [7, 11) is 0. The van der Waals surface area contributed by atoms with Gasteiger partial charge in [0.25, 0.3) is 0 Å². The van der Waals surface area contributed by atoms with E-state index in [4.69, 9.17) is 4.74 Å². The fourth-order valence-corrected chi connectivity index (χ4v) is 2.11. The van der Waals surface area contributed by atoms with Crippen molar-refractivity contribution < 1.29 is 4.74 Å². The molecule has 114 valence electrons. The van der Waals surface area contributed by atoms with Gasteiger partial charge in [-0.05, 0) is 25.8 Å². The number of hydrogen-bond donors (Lipinski definition) is 1. The predicted molar refractivity (Wildman–Crippen MR) is 87.3 cm³/mol. The SMILES string of the molecule is CCCCCCCOc1ccccc1CNC(C)CC. The zero-order valence-corrected chi connectivity index (χ0v) is 13.5. The molecule has 0 bridgehead atoms. The average molecular weight is 277 g/mol. The van der Waals surface area contributed by atoms with Gasteiger partial charge in [-0.15, -0.1) is 0 Å². The van der Waals surface area contributed by atoms with Gasteiger partial charge in [0.2, 0.25) is 0 Å². The molecule has 1 rings (SSSR count). The normalized spacial score (nSPS) is 12.3. The van der Waals surface area contributed by atoms with Gasteiger partial charge in [-0.25, -0.2) is 0 Å². The summed E-state index contributed by atoms with van der Waals surface area (Å²) in [6, 6.07) is 8.93. The van der Waals surface area contributed by atoms with E-state index in [9.17, 15) is 0 Å². The van der Waals surface area contributed by atoms with Crippen molar-refractivity contribution in [2.24, 2.45) is 0 Å². The second-order valence-electron chi connectivity index (χ2n) is 5.56. The van der Waals surface area contributed by atoms with Gasteiger partial charge in [-0.1, -0.05) is 57.7 Å². The molecule has 1 aromatic carbocycles. The third kappa shape index (κ3) is 6.95. The number of rotatable bonds is 11. The van der Waals surface area contributed by atoms with Gasteiger partial charge in [-0.3, -0.25) is 0 Å². The van der Waals surface area contributed by atoms with Crippen LogP contribution in [0.15, 0.2) is 24.3 Å². The minimum absolute atomic E-state index is 0.553. The second-order valence-corrected chi connectivity index (χ2v) is 5.56. The number of hydrogen-bond acceptors (Lipinski definition) is 2. The molecule has 2 heteroatoms. The van der Waals surface area contributed by atoms with Crippen molar-refractivity contribution in [2.45, 2.75) is 71.9 Å². The van der Waals surface area contributed by atoms with Crippen molar-refractivity contribution >= 4 is 0 Å². The molecule has 1 aromatic rings. The average Bonchev–Trinajstić information content (AvgIpc) is 2.49. The van der Waals surface area contributed by atoms with Crippen LogP contribution in [-0.4, -0.2) is 12.6 Å². The maximum absolute atomic E-state index is 5.94. The highest BCUT2D eigenvalue weighted by atomic mass is 16.5. The Morgan fingerprint density at radius 2 is 1.80 bits per heavy atom. The van der Waals surface area contributed by atoms with Crippen molar-refractivity contribution in [2.75, 3.05) is 6.61 Å². The molecule has 0 heterocycles. The Morgan fingerprint density at radius 1 is 1.05 bits per heavy atom. The van der Waals surface area contributed by atoms with E-state index in [2.05, 4.69) is 50.4 Å². The Labute approximate surface area is 124 Å². The molecule has 0 aliphatic carbocycles. The van der Waals surface area contributed by atoms with Gasteiger partial charge >= 0.3 is 0 Å². The van der Waals surface area contributed by atoms with Crippen molar-refractivity contribution in [3.05, 3.63) is 29.8 Å². The molecule has 0 aromatic heterocycles. The van der Waals surface area contributed by atoms with Crippen LogP contribution in [0.25, 0.3) is 0 Å². The second kappa shape index (κ2) is 10.7. The number of nitrogens with one attached hydrogen (secondary N) is 1. The maximum Gasteiger partial charge on any atom is 0.123 e. The third-order valence-electron chi connectivity index (χ3n) is 3.73. The summed E-state index contributed by atoms with van der Waals surface area (Å²) in [5.74, 6) is 1.04. The van der Waals surface area contributed by atoms with Gasteiger partial charge < -0.3 is 10.1 Å². The smallest absolute Gasteiger partial charge is 0.123 e. The number of ether oxygens (including phenoxy) is 1. The summed E-state index contributed by atoms with van der Waals surface area (Å²) in [5.41, 5.74) is 1.27. The van der Waals surface area contributed by atoms with Crippen LogP contribution < -0.4 is 10.1 Å². The highest BCUT2D eigenvalue weighted by Crippen LogP contribution is 2.18. The summed E-state index contributed by atoms with van der Waals surface area (Å²) in [6.07, 6.45) is 7.56. The van der Waals surface area contributed by atoms with Crippen LogP contribution >= 0.6 is 0 Å². The Bertz CT molecular complexity index is 351. The Hall–Kier alpha value is -1.02. The summed E-state index contributed by atoms with van der Waals surface area (Å²) in [5, 5.41) is 3.53. The molecule has 1 N–H and O–H groups in total. The molecule has 0 aliphatic rings. The van der Waals surface area contributed by atoms with Gasteiger partial charge in [-0.2, -0.15) is 0 Å². The van der Waals surface area contributed by atoms with Crippen LogP contribution in [0, 0.1) is 0 Å². The van der Waals surface area contributed by atoms with Gasteiger partial charge in [0, 0.05) is 18.2 Å². The Morgan fingerprint density at radius 3 is 2.55 bits per heavy atom. The van der Waals surface area contributed by atoms with Crippen LogP contribution in [0.4, 0.5) is 0 Å². The molecule has 0 spiro atoms. The van der Waals surface area contributed by atoms with E-state index in [0.29, 0.717) is 6.04 Å². The minimum Gasteiger partial charge on any atom is -0.493 e. The van der Waals surface area contributed by atoms with E-state index in [1.54, 1.807) is 0 Å². The van der Waals surface area contributed by atoms with E-state index in [-0.39, 0.29) is 0 Å². The van der Waals surface area contributed by atoms with Gasteiger partial charge in [0.05, 0.1) is 6.61 Å². The number of benzene rings is 1. The van der Waals surface area contributed by atoms with Crippen LogP contribution in [0.1, 0.15) is 64.9 Å². The largest absolute Gasteiger partial charge is 0.493 e. The predicted octanol–water partition coefficient (Wildman–Crippen LogP) is 4.92. The molecule has 0 fully saturated rings. The lowest BCUT2D eigenvalue weighted by Gasteiger charge is -2.15. The molecule has 0 saturated carbocycles.